The number of rotatable bonds is 4. The molecule has 0 radical (unpaired) electrons. The van der Waals surface area contributed by atoms with Gasteiger partial charge in [-0.25, -0.2) is 0 Å². The maximum absolute atomic E-state index is 11.6. The average molecular weight is 277 g/mol. The summed E-state index contributed by atoms with van der Waals surface area (Å²) in [5.41, 5.74) is 2.66. The van der Waals surface area contributed by atoms with Crippen LogP contribution in [0.15, 0.2) is 18.2 Å². The zero-order chi connectivity index (χ0) is 14.7. The molecule has 1 atom stereocenters. The van der Waals surface area contributed by atoms with Gasteiger partial charge in [-0.3, -0.25) is 9.59 Å². The molecule has 0 spiro atoms. The van der Waals surface area contributed by atoms with Crippen LogP contribution < -0.4 is 4.90 Å². The van der Waals surface area contributed by atoms with Gasteiger partial charge in [0.15, 0.2) is 0 Å². The third-order valence-electron chi connectivity index (χ3n) is 3.62. The lowest BCUT2D eigenvalue weighted by atomic mass is 9.96. The van der Waals surface area contributed by atoms with Crippen molar-refractivity contribution in [3.05, 3.63) is 29.3 Å². The molecule has 108 valence electrons. The van der Waals surface area contributed by atoms with Gasteiger partial charge in [-0.05, 0) is 36.5 Å². The van der Waals surface area contributed by atoms with Gasteiger partial charge < -0.3 is 15.1 Å². The van der Waals surface area contributed by atoms with E-state index in [-0.39, 0.29) is 18.7 Å². The van der Waals surface area contributed by atoms with Gasteiger partial charge in [0, 0.05) is 25.6 Å². The molecule has 1 amide bonds. The molecule has 5 nitrogen and oxygen atoms in total. The van der Waals surface area contributed by atoms with Crippen molar-refractivity contribution >= 4 is 17.6 Å². The van der Waals surface area contributed by atoms with E-state index in [1.807, 2.05) is 12.1 Å². The summed E-state index contributed by atoms with van der Waals surface area (Å²) in [5.74, 6) is -0.894. The zero-order valence-electron chi connectivity index (χ0n) is 11.5. The maximum atomic E-state index is 11.6. The van der Waals surface area contributed by atoms with E-state index in [1.165, 1.54) is 0 Å². The molecule has 1 unspecified atom stereocenters. The predicted octanol–water partition coefficient (Wildman–Crippen LogP) is 1.88. The fourth-order valence-corrected chi connectivity index (χ4v) is 2.58. The molecule has 0 saturated carbocycles. The Bertz CT molecular complexity index is 527. The Morgan fingerprint density at radius 2 is 2.15 bits per heavy atom. The normalized spacial score (nSPS) is 15.6. The van der Waals surface area contributed by atoms with Gasteiger partial charge >= 0.3 is 5.97 Å². The predicted molar refractivity (Wildman–Crippen MR) is 74.6 cm³/mol. The van der Waals surface area contributed by atoms with Crippen molar-refractivity contribution in [1.82, 2.24) is 0 Å². The highest BCUT2D eigenvalue weighted by molar-refractivity contribution is 5.92. The van der Waals surface area contributed by atoms with E-state index in [2.05, 4.69) is 0 Å². The Labute approximate surface area is 117 Å². The molecule has 5 heteroatoms. The van der Waals surface area contributed by atoms with Gasteiger partial charge in [0.05, 0.1) is 6.10 Å². The van der Waals surface area contributed by atoms with Crippen LogP contribution in [-0.2, 0) is 16.0 Å². The number of carboxylic acid groups (broad SMARTS) is 1. The molecule has 1 heterocycles. The molecule has 2 N–H and O–H groups in total. The van der Waals surface area contributed by atoms with Crippen molar-refractivity contribution in [1.29, 1.82) is 0 Å². The summed E-state index contributed by atoms with van der Waals surface area (Å²) in [6.07, 6.45) is 1.14. The highest BCUT2D eigenvalue weighted by atomic mass is 16.4. The molecule has 1 aliphatic heterocycles. The molecule has 20 heavy (non-hydrogen) atoms. The number of aliphatic hydroxyl groups excluding tert-OH is 1. The molecule has 0 bridgehead atoms. The summed E-state index contributed by atoms with van der Waals surface area (Å²) in [7, 11) is 0. The number of hydrogen-bond acceptors (Lipinski definition) is 3. The Morgan fingerprint density at radius 3 is 2.80 bits per heavy atom. The minimum Gasteiger partial charge on any atom is -0.481 e. The molecule has 0 saturated heterocycles. The number of aliphatic hydroxyl groups is 1. The highest BCUT2D eigenvalue weighted by Gasteiger charge is 2.21. The summed E-state index contributed by atoms with van der Waals surface area (Å²) in [5, 5.41) is 18.6. The Hall–Kier alpha value is -1.88. The van der Waals surface area contributed by atoms with E-state index < -0.39 is 12.1 Å². The molecular weight excluding hydrogens is 258 g/mol. The molecule has 1 aliphatic rings. The first-order chi connectivity index (χ1) is 9.49. The van der Waals surface area contributed by atoms with Crippen molar-refractivity contribution in [3.8, 4) is 0 Å². The van der Waals surface area contributed by atoms with Crippen molar-refractivity contribution in [2.75, 3.05) is 11.4 Å². The topological polar surface area (TPSA) is 77.8 Å². The lowest BCUT2D eigenvalue weighted by Crippen LogP contribution is -2.33. The number of hydrogen-bond donors (Lipinski definition) is 2. The van der Waals surface area contributed by atoms with E-state index in [9.17, 15) is 14.7 Å². The summed E-state index contributed by atoms with van der Waals surface area (Å²) in [4.78, 5) is 23.8. The molecule has 1 aromatic rings. The van der Waals surface area contributed by atoms with Crippen LogP contribution in [0.5, 0.6) is 0 Å². The first kappa shape index (κ1) is 14.5. The van der Waals surface area contributed by atoms with Crippen LogP contribution >= 0.6 is 0 Å². The second-order valence-corrected chi connectivity index (χ2v) is 5.11. The van der Waals surface area contributed by atoms with Crippen LogP contribution in [0.1, 0.15) is 43.4 Å². The van der Waals surface area contributed by atoms with Crippen LogP contribution in [0, 0.1) is 0 Å². The van der Waals surface area contributed by atoms with E-state index in [0.29, 0.717) is 0 Å². The van der Waals surface area contributed by atoms with Crippen molar-refractivity contribution in [3.63, 3.8) is 0 Å². The van der Waals surface area contributed by atoms with Gasteiger partial charge in [-0.2, -0.15) is 0 Å². The zero-order valence-corrected chi connectivity index (χ0v) is 11.5. The third-order valence-corrected chi connectivity index (χ3v) is 3.62. The minimum atomic E-state index is -0.912. The number of carbonyl (C=O) groups excluding carboxylic acids is 1. The second kappa shape index (κ2) is 6.05. The smallest absolute Gasteiger partial charge is 0.303 e. The number of aliphatic carboxylic acids is 1. The van der Waals surface area contributed by atoms with Gasteiger partial charge in [-0.1, -0.05) is 12.1 Å². The Kier molecular flexibility index (Phi) is 4.39. The number of anilines is 1. The number of carboxylic acids is 1. The highest BCUT2D eigenvalue weighted by Crippen LogP contribution is 2.30. The van der Waals surface area contributed by atoms with E-state index in [4.69, 9.17) is 5.11 Å². The summed E-state index contributed by atoms with van der Waals surface area (Å²) < 4.78 is 0. The fraction of sp³-hybridized carbons (Fsp3) is 0.467. The second-order valence-electron chi connectivity index (χ2n) is 5.11. The van der Waals surface area contributed by atoms with Gasteiger partial charge in [0.25, 0.3) is 0 Å². The molecule has 0 aromatic heterocycles. The lowest BCUT2D eigenvalue weighted by Gasteiger charge is -2.29. The largest absolute Gasteiger partial charge is 0.481 e. The lowest BCUT2D eigenvalue weighted by molar-refractivity contribution is -0.137. The molecule has 2 rings (SSSR count). The number of carbonyl (C=O) groups is 2. The molecule has 0 fully saturated rings. The third kappa shape index (κ3) is 3.17. The van der Waals surface area contributed by atoms with Crippen LogP contribution in [-0.4, -0.2) is 28.6 Å². The first-order valence-electron chi connectivity index (χ1n) is 6.80. The van der Waals surface area contributed by atoms with E-state index in [1.54, 1.807) is 17.9 Å². The number of nitrogens with zero attached hydrogens (tertiary/aromatic N) is 1. The van der Waals surface area contributed by atoms with Crippen molar-refractivity contribution in [2.45, 2.75) is 38.7 Å². The minimum absolute atomic E-state index is 0.0186. The van der Waals surface area contributed by atoms with Crippen LogP contribution in [0.2, 0.25) is 0 Å². The van der Waals surface area contributed by atoms with Crippen LogP contribution in [0.25, 0.3) is 0 Å². The quantitative estimate of drug-likeness (QED) is 0.881. The monoisotopic (exact) mass is 277 g/mol. The number of aryl methyl sites for hydroxylation is 1. The van der Waals surface area contributed by atoms with E-state index >= 15 is 0 Å². The Balaban J connectivity index is 2.19. The maximum Gasteiger partial charge on any atom is 0.303 e. The Morgan fingerprint density at radius 1 is 1.40 bits per heavy atom. The number of fused-ring (bicyclic) bond motifs is 1. The molecule has 0 aliphatic carbocycles. The average Bonchev–Trinajstić information content (AvgIpc) is 2.43. The molecular formula is C15H19NO4. The van der Waals surface area contributed by atoms with Gasteiger partial charge in [-0.15, -0.1) is 0 Å². The number of amides is 1. The molecule has 1 aromatic carbocycles. The number of benzene rings is 1. The van der Waals surface area contributed by atoms with Gasteiger partial charge in [0.2, 0.25) is 5.91 Å². The van der Waals surface area contributed by atoms with Crippen molar-refractivity contribution < 1.29 is 19.8 Å². The van der Waals surface area contributed by atoms with Crippen LogP contribution in [0.3, 0.4) is 0 Å². The SMILES string of the molecule is CC(=O)N1CCCc2cc(C(O)CCC(=O)O)ccc21. The summed E-state index contributed by atoms with van der Waals surface area (Å²) in [6.45, 7) is 2.27. The summed E-state index contributed by atoms with van der Waals surface area (Å²) >= 11 is 0. The first-order valence-corrected chi connectivity index (χ1v) is 6.80. The standard InChI is InChI=1S/C15H19NO4/c1-10(17)16-8-2-3-11-9-12(4-5-13(11)16)14(18)6-7-15(19)20/h4-5,9,14,18H,2-3,6-8H2,1H3,(H,19,20). The van der Waals surface area contributed by atoms with Crippen LogP contribution in [0.4, 0.5) is 5.69 Å². The van der Waals surface area contributed by atoms with Gasteiger partial charge in [0.1, 0.15) is 0 Å². The summed E-state index contributed by atoms with van der Waals surface area (Å²) in [6, 6.07) is 5.50. The fourth-order valence-electron chi connectivity index (χ4n) is 2.58. The van der Waals surface area contributed by atoms with Crippen molar-refractivity contribution in [2.24, 2.45) is 0 Å². The van der Waals surface area contributed by atoms with E-state index in [0.717, 1.165) is 36.2 Å².